The number of carbonyl (C=O) groups excluding carboxylic acids is 1. The van der Waals surface area contributed by atoms with Crippen LogP contribution in [-0.2, 0) is 0 Å². The van der Waals surface area contributed by atoms with E-state index in [9.17, 15) is 9.59 Å². The van der Waals surface area contributed by atoms with Gasteiger partial charge in [0.05, 0.1) is 28.3 Å². The van der Waals surface area contributed by atoms with Crippen LogP contribution in [0.1, 0.15) is 20.7 Å². The van der Waals surface area contributed by atoms with Crippen LogP contribution in [0.4, 0.5) is 5.69 Å². The molecule has 2 rings (SSSR count). The van der Waals surface area contributed by atoms with Gasteiger partial charge in [-0.3, -0.25) is 4.79 Å². The molecule has 5 nitrogen and oxygen atoms in total. The number of amides is 1. The van der Waals surface area contributed by atoms with Crippen LogP contribution in [0.3, 0.4) is 0 Å². The molecule has 0 atom stereocenters. The van der Waals surface area contributed by atoms with Crippen LogP contribution in [0.5, 0.6) is 5.75 Å². The first-order valence-corrected chi connectivity index (χ1v) is 7.17. The van der Waals surface area contributed by atoms with Crippen molar-refractivity contribution in [3.05, 3.63) is 44.1 Å². The predicted molar refractivity (Wildman–Crippen MR) is 82.2 cm³/mol. The number of nitrogens with one attached hydrogen (secondary N) is 1. The van der Waals surface area contributed by atoms with E-state index in [1.165, 1.54) is 31.4 Å². The Hall–Kier alpha value is -1.76. The molecule has 0 aliphatic heterocycles. The zero-order valence-corrected chi connectivity index (χ0v) is 13.0. The molecule has 21 heavy (non-hydrogen) atoms. The van der Waals surface area contributed by atoms with E-state index < -0.39 is 11.9 Å². The Morgan fingerprint density at radius 1 is 1.24 bits per heavy atom. The molecule has 1 heterocycles. The smallest absolute Gasteiger partial charge is 0.337 e. The molecular weight excluding hydrogens is 337 g/mol. The predicted octanol–water partition coefficient (Wildman–Crippen LogP) is 4.01. The van der Waals surface area contributed by atoms with Gasteiger partial charge in [0.15, 0.2) is 0 Å². The van der Waals surface area contributed by atoms with Gasteiger partial charge >= 0.3 is 5.97 Å². The lowest BCUT2D eigenvalue weighted by atomic mass is 10.1. The van der Waals surface area contributed by atoms with Crippen LogP contribution in [-0.4, -0.2) is 24.1 Å². The highest BCUT2D eigenvalue weighted by Crippen LogP contribution is 2.32. The SMILES string of the molecule is COc1ccc(C(=O)O)c(NC(=O)c2cc(Cl)sc2Cl)c1. The van der Waals surface area contributed by atoms with E-state index in [4.69, 9.17) is 33.0 Å². The largest absolute Gasteiger partial charge is 0.497 e. The lowest BCUT2D eigenvalue weighted by Crippen LogP contribution is -2.14. The fourth-order valence-corrected chi connectivity index (χ4v) is 3.08. The van der Waals surface area contributed by atoms with Gasteiger partial charge in [-0.05, 0) is 18.2 Å². The van der Waals surface area contributed by atoms with Crippen LogP contribution >= 0.6 is 34.5 Å². The van der Waals surface area contributed by atoms with E-state index in [2.05, 4.69) is 5.32 Å². The van der Waals surface area contributed by atoms with Crippen molar-refractivity contribution in [3.8, 4) is 5.75 Å². The fraction of sp³-hybridized carbons (Fsp3) is 0.0769. The summed E-state index contributed by atoms with van der Waals surface area (Å²) in [7, 11) is 1.44. The normalized spacial score (nSPS) is 10.2. The van der Waals surface area contributed by atoms with Crippen molar-refractivity contribution in [1.29, 1.82) is 0 Å². The van der Waals surface area contributed by atoms with Gasteiger partial charge in [0, 0.05) is 6.07 Å². The standard InChI is InChI=1S/C13H9Cl2NO4S/c1-20-6-2-3-7(13(18)19)9(4-6)16-12(17)8-5-10(14)21-11(8)15/h2-5H,1H3,(H,16,17)(H,18,19). The number of aromatic carboxylic acids is 1. The first kappa shape index (κ1) is 15.6. The minimum Gasteiger partial charge on any atom is -0.497 e. The zero-order chi connectivity index (χ0) is 15.6. The second-order valence-corrected chi connectivity index (χ2v) is 6.19. The Labute approximate surface area is 134 Å². The average Bonchev–Trinajstić information content (AvgIpc) is 2.77. The number of anilines is 1. The maximum Gasteiger partial charge on any atom is 0.337 e. The maximum absolute atomic E-state index is 12.1. The Morgan fingerprint density at radius 2 is 1.95 bits per heavy atom. The number of benzene rings is 1. The lowest BCUT2D eigenvalue weighted by molar-refractivity contribution is 0.0698. The number of rotatable bonds is 4. The number of hydrogen-bond donors (Lipinski definition) is 2. The number of carboxylic acids is 1. The van der Waals surface area contributed by atoms with Crippen molar-refractivity contribution in [2.75, 3.05) is 12.4 Å². The molecule has 110 valence electrons. The highest BCUT2D eigenvalue weighted by atomic mass is 35.5. The summed E-state index contributed by atoms with van der Waals surface area (Å²) in [5.41, 5.74) is 0.248. The van der Waals surface area contributed by atoms with Crippen molar-refractivity contribution >= 4 is 52.1 Å². The van der Waals surface area contributed by atoms with E-state index >= 15 is 0 Å². The first-order valence-electron chi connectivity index (χ1n) is 5.60. The minimum atomic E-state index is -1.16. The number of carbonyl (C=O) groups is 2. The number of halogens is 2. The number of thiophene rings is 1. The Kier molecular flexibility index (Phi) is 4.72. The average molecular weight is 346 g/mol. The van der Waals surface area contributed by atoms with Crippen LogP contribution in [0, 0.1) is 0 Å². The number of ether oxygens (including phenoxy) is 1. The van der Waals surface area contributed by atoms with Gasteiger partial charge in [-0.1, -0.05) is 23.2 Å². The van der Waals surface area contributed by atoms with E-state index in [-0.39, 0.29) is 21.2 Å². The van der Waals surface area contributed by atoms with Gasteiger partial charge in [0.1, 0.15) is 10.1 Å². The summed E-state index contributed by atoms with van der Waals surface area (Å²) in [6, 6.07) is 5.68. The topological polar surface area (TPSA) is 75.6 Å². The monoisotopic (exact) mass is 345 g/mol. The van der Waals surface area contributed by atoms with Gasteiger partial charge in [-0.15, -0.1) is 11.3 Å². The van der Waals surface area contributed by atoms with Crippen molar-refractivity contribution in [2.24, 2.45) is 0 Å². The van der Waals surface area contributed by atoms with E-state index in [0.29, 0.717) is 10.1 Å². The molecule has 2 N–H and O–H groups in total. The molecule has 0 unspecified atom stereocenters. The zero-order valence-electron chi connectivity index (χ0n) is 10.6. The molecule has 0 spiro atoms. The number of methoxy groups -OCH3 is 1. The molecule has 0 bridgehead atoms. The molecule has 8 heteroatoms. The Morgan fingerprint density at radius 3 is 2.48 bits per heavy atom. The molecule has 0 aliphatic carbocycles. The summed E-state index contributed by atoms with van der Waals surface area (Å²) in [5, 5.41) is 11.6. The summed E-state index contributed by atoms with van der Waals surface area (Å²) >= 11 is 12.7. The van der Waals surface area contributed by atoms with Crippen LogP contribution in [0.25, 0.3) is 0 Å². The molecule has 0 aliphatic rings. The first-order chi connectivity index (χ1) is 9.92. The second kappa shape index (κ2) is 6.34. The van der Waals surface area contributed by atoms with Crippen molar-refractivity contribution in [3.63, 3.8) is 0 Å². The maximum atomic E-state index is 12.1. The summed E-state index contributed by atoms with van der Waals surface area (Å²) in [6.45, 7) is 0. The molecule has 0 fully saturated rings. The third kappa shape index (κ3) is 3.47. The van der Waals surface area contributed by atoms with Crippen molar-refractivity contribution in [1.82, 2.24) is 0 Å². The van der Waals surface area contributed by atoms with Gasteiger partial charge in [0.2, 0.25) is 0 Å². The molecular formula is C13H9Cl2NO4S. The van der Waals surface area contributed by atoms with Gasteiger partial charge < -0.3 is 15.2 Å². The molecule has 0 saturated carbocycles. The Balaban J connectivity index is 2.35. The molecule has 0 radical (unpaired) electrons. The van der Waals surface area contributed by atoms with E-state index in [1.54, 1.807) is 0 Å². The summed E-state index contributed by atoms with van der Waals surface area (Å²) in [5.74, 6) is -1.29. The molecule has 0 saturated heterocycles. The number of hydrogen-bond acceptors (Lipinski definition) is 4. The van der Waals surface area contributed by atoms with Crippen LogP contribution in [0.15, 0.2) is 24.3 Å². The molecule has 1 aromatic carbocycles. The molecule has 2 aromatic rings. The van der Waals surface area contributed by atoms with Gasteiger partial charge in [-0.25, -0.2) is 4.79 Å². The highest BCUT2D eigenvalue weighted by Gasteiger charge is 2.18. The molecule has 1 amide bonds. The quantitative estimate of drug-likeness (QED) is 0.877. The van der Waals surface area contributed by atoms with Crippen LogP contribution < -0.4 is 10.1 Å². The van der Waals surface area contributed by atoms with Crippen LogP contribution in [0.2, 0.25) is 8.67 Å². The number of carboxylic acid groups (broad SMARTS) is 1. The third-order valence-electron chi connectivity index (χ3n) is 2.61. The second-order valence-electron chi connectivity index (χ2n) is 3.91. The van der Waals surface area contributed by atoms with E-state index in [1.807, 2.05) is 0 Å². The van der Waals surface area contributed by atoms with Crippen molar-refractivity contribution < 1.29 is 19.4 Å². The minimum absolute atomic E-state index is 0.0541. The lowest BCUT2D eigenvalue weighted by Gasteiger charge is -2.10. The fourth-order valence-electron chi connectivity index (χ4n) is 1.62. The molecule has 1 aromatic heterocycles. The van der Waals surface area contributed by atoms with E-state index in [0.717, 1.165) is 11.3 Å². The third-order valence-corrected chi connectivity index (χ3v) is 4.09. The summed E-state index contributed by atoms with van der Waals surface area (Å²) < 4.78 is 5.62. The van der Waals surface area contributed by atoms with Gasteiger partial charge in [0.25, 0.3) is 5.91 Å². The van der Waals surface area contributed by atoms with Crippen molar-refractivity contribution in [2.45, 2.75) is 0 Å². The summed E-state index contributed by atoms with van der Waals surface area (Å²) in [6.07, 6.45) is 0. The summed E-state index contributed by atoms with van der Waals surface area (Å²) in [4.78, 5) is 23.3. The highest BCUT2D eigenvalue weighted by molar-refractivity contribution is 7.20. The Bertz CT molecular complexity index is 714. The van der Waals surface area contributed by atoms with Gasteiger partial charge in [-0.2, -0.15) is 0 Å².